The molecule has 1 saturated heterocycles. The average Bonchev–Trinajstić information content (AvgIpc) is 3.27. The van der Waals surface area contributed by atoms with Crippen LogP contribution in [0.1, 0.15) is 56.0 Å². The zero-order valence-electron chi connectivity index (χ0n) is 21.3. The summed E-state index contributed by atoms with van der Waals surface area (Å²) in [7, 11) is -4.11. The van der Waals surface area contributed by atoms with E-state index in [2.05, 4.69) is 0 Å². The summed E-state index contributed by atoms with van der Waals surface area (Å²) in [4.78, 5) is 15.4. The van der Waals surface area contributed by atoms with E-state index in [-0.39, 0.29) is 18.1 Å². The second kappa shape index (κ2) is 12.6. The number of benzene rings is 2. The number of likely N-dealkylation sites (tertiary alicyclic amines) is 1. The van der Waals surface area contributed by atoms with Gasteiger partial charge in [0.25, 0.3) is 16.0 Å². The normalized spacial score (nSPS) is 17.6. The van der Waals surface area contributed by atoms with Crippen LogP contribution in [0, 0.1) is 0 Å². The number of rotatable bonds is 12. The Morgan fingerprint density at radius 2 is 1.62 bits per heavy atom. The zero-order chi connectivity index (χ0) is 27.2. The van der Waals surface area contributed by atoms with E-state index in [1.165, 1.54) is 0 Å². The van der Waals surface area contributed by atoms with Crippen molar-refractivity contribution in [2.75, 3.05) is 38.7 Å². The first kappa shape index (κ1) is 29.4. The van der Waals surface area contributed by atoms with Gasteiger partial charge >= 0.3 is 0 Å². The lowest BCUT2D eigenvalue weighted by molar-refractivity contribution is 0.0781. The molecule has 1 aliphatic rings. The predicted octanol–water partition coefficient (Wildman–Crippen LogP) is 5.64. The first-order valence-electron chi connectivity index (χ1n) is 12.3. The van der Waals surface area contributed by atoms with Crippen molar-refractivity contribution in [1.82, 2.24) is 4.90 Å². The van der Waals surface area contributed by atoms with Crippen LogP contribution in [0.2, 0.25) is 10.0 Å². The lowest BCUT2D eigenvalue weighted by Crippen LogP contribution is -2.35. The Kier molecular flexibility index (Phi) is 9.97. The minimum Gasteiger partial charge on any atom is -0.490 e. The fraction of sp³-hybridized carbons (Fsp3) is 0.500. The Morgan fingerprint density at radius 3 is 2.16 bits per heavy atom. The highest BCUT2D eigenvalue weighted by atomic mass is 35.5. The molecule has 1 N–H and O–H groups in total. The average molecular weight is 575 g/mol. The second-order valence-electron chi connectivity index (χ2n) is 8.88. The molecule has 0 radical (unpaired) electrons. The predicted molar refractivity (Wildman–Crippen MR) is 144 cm³/mol. The topological polar surface area (TPSA) is 102 Å². The highest BCUT2D eigenvalue weighted by Crippen LogP contribution is 2.43. The van der Waals surface area contributed by atoms with E-state index in [4.69, 9.17) is 37.4 Å². The van der Waals surface area contributed by atoms with Crippen molar-refractivity contribution in [3.63, 3.8) is 0 Å². The first-order chi connectivity index (χ1) is 17.5. The third-order valence-corrected chi connectivity index (χ3v) is 7.93. The maximum absolute atomic E-state index is 13.7. The van der Waals surface area contributed by atoms with Crippen LogP contribution in [0.3, 0.4) is 0 Å². The Balaban J connectivity index is 1.95. The summed E-state index contributed by atoms with van der Waals surface area (Å²) in [5.41, 5.74) is 0.716. The van der Waals surface area contributed by atoms with Gasteiger partial charge in [-0.25, -0.2) is 0 Å². The summed E-state index contributed by atoms with van der Waals surface area (Å²) < 4.78 is 49.3. The zero-order valence-corrected chi connectivity index (χ0v) is 23.6. The van der Waals surface area contributed by atoms with Crippen molar-refractivity contribution >= 4 is 39.2 Å². The first-order valence-corrected chi connectivity index (χ1v) is 14.7. The number of halogens is 2. The molecular formula is C26H33Cl2NO7S. The molecule has 0 saturated carbocycles. The molecular weight excluding hydrogens is 541 g/mol. The minimum atomic E-state index is -4.11. The van der Waals surface area contributed by atoms with Crippen molar-refractivity contribution in [3.8, 4) is 17.2 Å². The maximum Gasteiger partial charge on any atom is 0.264 e. The number of amides is 1. The van der Waals surface area contributed by atoms with Gasteiger partial charge < -0.3 is 19.1 Å². The van der Waals surface area contributed by atoms with E-state index in [0.29, 0.717) is 78.6 Å². The molecule has 0 bridgehead atoms. The summed E-state index contributed by atoms with van der Waals surface area (Å²) in [6.45, 7) is 7.55. The summed E-state index contributed by atoms with van der Waals surface area (Å²) >= 11 is 12.4. The van der Waals surface area contributed by atoms with Gasteiger partial charge in [-0.15, -0.1) is 0 Å². The molecule has 37 heavy (non-hydrogen) atoms. The van der Waals surface area contributed by atoms with Gasteiger partial charge in [0.2, 0.25) is 5.75 Å². The summed E-state index contributed by atoms with van der Waals surface area (Å²) in [5.74, 6) is 0.753. The Hall–Kier alpha value is -2.20. The van der Waals surface area contributed by atoms with Gasteiger partial charge in [-0.1, -0.05) is 29.3 Å². The molecule has 204 valence electrons. The molecule has 3 rings (SSSR count). The molecule has 1 atom stereocenters. The summed E-state index contributed by atoms with van der Waals surface area (Å²) in [6, 6.07) is 8.65. The van der Waals surface area contributed by atoms with Gasteiger partial charge in [0.15, 0.2) is 11.5 Å². The highest BCUT2D eigenvalue weighted by Gasteiger charge is 2.42. The molecule has 1 aliphatic heterocycles. The van der Waals surface area contributed by atoms with Gasteiger partial charge in [-0.2, -0.15) is 8.42 Å². The van der Waals surface area contributed by atoms with Gasteiger partial charge in [-0.3, -0.25) is 9.35 Å². The Bertz CT molecular complexity index is 1190. The number of ether oxygens (including phenoxy) is 3. The third kappa shape index (κ3) is 7.22. The SMILES string of the molecule is CCOc1cc(C(=O)N2CCC(CCCS(=O)(=O)O)(c3ccc(Cl)c(Cl)c3)C2)cc(OCC)c1OCC. The van der Waals surface area contributed by atoms with Crippen molar-refractivity contribution in [2.45, 2.75) is 45.4 Å². The fourth-order valence-electron chi connectivity index (χ4n) is 4.74. The number of hydrogen-bond acceptors (Lipinski definition) is 6. The van der Waals surface area contributed by atoms with Crippen molar-refractivity contribution in [2.24, 2.45) is 0 Å². The van der Waals surface area contributed by atoms with E-state index < -0.39 is 15.5 Å². The fourth-order valence-corrected chi connectivity index (χ4v) is 5.55. The number of carbonyl (C=O) groups is 1. The molecule has 2 aromatic carbocycles. The molecule has 0 aromatic heterocycles. The van der Waals surface area contributed by atoms with E-state index in [1.807, 2.05) is 26.8 Å². The summed E-state index contributed by atoms with van der Waals surface area (Å²) in [5, 5.41) is 0.790. The second-order valence-corrected chi connectivity index (χ2v) is 11.3. The molecule has 0 spiro atoms. The van der Waals surface area contributed by atoms with Crippen LogP contribution in [-0.2, 0) is 15.5 Å². The molecule has 8 nitrogen and oxygen atoms in total. The highest BCUT2D eigenvalue weighted by molar-refractivity contribution is 7.85. The maximum atomic E-state index is 13.7. The largest absolute Gasteiger partial charge is 0.490 e. The minimum absolute atomic E-state index is 0.207. The van der Waals surface area contributed by atoms with Crippen LogP contribution in [0.5, 0.6) is 17.2 Å². The van der Waals surface area contributed by atoms with E-state index in [0.717, 1.165) is 5.56 Å². The van der Waals surface area contributed by atoms with Gasteiger partial charge in [0, 0.05) is 24.1 Å². The summed E-state index contributed by atoms with van der Waals surface area (Å²) in [6.07, 6.45) is 1.26. The smallest absolute Gasteiger partial charge is 0.264 e. The van der Waals surface area contributed by atoms with Crippen LogP contribution in [-0.4, -0.2) is 62.4 Å². The molecule has 1 heterocycles. The van der Waals surface area contributed by atoms with Gasteiger partial charge in [0.1, 0.15) is 0 Å². The lowest BCUT2D eigenvalue weighted by atomic mass is 9.76. The number of carbonyl (C=O) groups excluding carboxylic acids is 1. The van der Waals surface area contributed by atoms with E-state index in [9.17, 15) is 17.8 Å². The van der Waals surface area contributed by atoms with E-state index in [1.54, 1.807) is 29.2 Å². The lowest BCUT2D eigenvalue weighted by Gasteiger charge is -2.30. The van der Waals surface area contributed by atoms with Crippen molar-refractivity contribution in [3.05, 3.63) is 51.5 Å². The van der Waals surface area contributed by atoms with Crippen LogP contribution in [0.25, 0.3) is 0 Å². The van der Waals surface area contributed by atoms with Crippen LogP contribution < -0.4 is 14.2 Å². The quantitative estimate of drug-likeness (QED) is 0.327. The Labute approximate surface area is 228 Å². The van der Waals surface area contributed by atoms with Gasteiger partial charge in [-0.05, 0) is 69.9 Å². The number of hydrogen-bond donors (Lipinski definition) is 1. The monoisotopic (exact) mass is 573 g/mol. The molecule has 1 fully saturated rings. The molecule has 2 aromatic rings. The Morgan fingerprint density at radius 1 is 1.00 bits per heavy atom. The molecule has 0 aliphatic carbocycles. The van der Waals surface area contributed by atoms with E-state index >= 15 is 0 Å². The number of nitrogens with zero attached hydrogens (tertiary/aromatic N) is 1. The molecule has 1 amide bonds. The van der Waals surface area contributed by atoms with Crippen LogP contribution in [0.15, 0.2) is 30.3 Å². The molecule has 1 unspecified atom stereocenters. The van der Waals surface area contributed by atoms with Crippen LogP contribution >= 0.6 is 23.2 Å². The molecule has 11 heteroatoms. The van der Waals surface area contributed by atoms with Crippen LogP contribution in [0.4, 0.5) is 0 Å². The van der Waals surface area contributed by atoms with Gasteiger partial charge in [0.05, 0.1) is 35.6 Å². The third-order valence-electron chi connectivity index (χ3n) is 6.39. The van der Waals surface area contributed by atoms with Crippen molar-refractivity contribution < 1.29 is 32.0 Å². The van der Waals surface area contributed by atoms with Crippen molar-refractivity contribution in [1.29, 1.82) is 0 Å². The standard InChI is InChI=1S/C26H33Cl2NO7S/c1-4-34-22-14-18(15-23(35-5-2)24(22)36-6-3)25(30)29-12-11-26(17-29,10-7-13-37(31,32)33)19-8-9-20(27)21(28)16-19/h8-9,14-16H,4-7,10-13,17H2,1-3H3,(H,31,32,33).